The van der Waals surface area contributed by atoms with Crippen LogP contribution >= 0.6 is 15.9 Å². The Kier molecular flexibility index (Phi) is 3.26. The standard InChI is InChI=1S/C13H15BrN2O2/c14-9-1-2-11-12(7-9)15-8-16(13(11)17)10-3-5-18-6-4-10/h1-2,7,10,15H,3-6,8H2. The molecular weight excluding hydrogens is 296 g/mol. The van der Waals surface area contributed by atoms with E-state index in [0.717, 1.165) is 41.8 Å². The Labute approximate surface area is 114 Å². The third kappa shape index (κ3) is 2.12. The van der Waals surface area contributed by atoms with Gasteiger partial charge in [0.15, 0.2) is 0 Å². The van der Waals surface area contributed by atoms with Crippen LogP contribution < -0.4 is 5.32 Å². The number of carbonyl (C=O) groups is 1. The van der Waals surface area contributed by atoms with Gasteiger partial charge in [-0.2, -0.15) is 0 Å². The largest absolute Gasteiger partial charge is 0.381 e. The van der Waals surface area contributed by atoms with Crippen molar-refractivity contribution in [3.05, 3.63) is 28.2 Å². The topological polar surface area (TPSA) is 41.6 Å². The van der Waals surface area contributed by atoms with Crippen molar-refractivity contribution >= 4 is 27.5 Å². The minimum atomic E-state index is 0.128. The summed E-state index contributed by atoms with van der Waals surface area (Å²) in [6.07, 6.45) is 1.86. The van der Waals surface area contributed by atoms with E-state index in [1.54, 1.807) is 0 Å². The number of rotatable bonds is 1. The van der Waals surface area contributed by atoms with E-state index in [0.29, 0.717) is 12.7 Å². The van der Waals surface area contributed by atoms with E-state index in [4.69, 9.17) is 4.74 Å². The first kappa shape index (κ1) is 12.0. The van der Waals surface area contributed by atoms with Gasteiger partial charge in [-0.15, -0.1) is 0 Å². The first-order valence-corrected chi connectivity index (χ1v) is 6.97. The lowest BCUT2D eigenvalue weighted by molar-refractivity contribution is 0.0301. The first-order valence-electron chi connectivity index (χ1n) is 6.18. The van der Waals surface area contributed by atoms with Crippen LogP contribution in [0.25, 0.3) is 0 Å². The van der Waals surface area contributed by atoms with Gasteiger partial charge in [0.2, 0.25) is 0 Å². The van der Waals surface area contributed by atoms with Gasteiger partial charge in [0.05, 0.1) is 12.2 Å². The Hall–Kier alpha value is -1.07. The number of hydrogen-bond donors (Lipinski definition) is 1. The number of nitrogens with one attached hydrogen (secondary N) is 1. The summed E-state index contributed by atoms with van der Waals surface area (Å²) in [7, 11) is 0. The van der Waals surface area contributed by atoms with Crippen LogP contribution in [0.1, 0.15) is 23.2 Å². The Balaban J connectivity index is 1.84. The Bertz CT molecular complexity index is 472. The van der Waals surface area contributed by atoms with Gasteiger partial charge < -0.3 is 15.0 Å². The molecule has 0 saturated carbocycles. The molecule has 0 unspecified atom stereocenters. The number of hydrogen-bond acceptors (Lipinski definition) is 3. The second kappa shape index (κ2) is 4.90. The smallest absolute Gasteiger partial charge is 0.257 e. The molecule has 1 saturated heterocycles. The number of amides is 1. The maximum atomic E-state index is 12.5. The van der Waals surface area contributed by atoms with Gasteiger partial charge in [-0.25, -0.2) is 0 Å². The Morgan fingerprint density at radius 3 is 2.89 bits per heavy atom. The minimum Gasteiger partial charge on any atom is -0.381 e. The van der Waals surface area contributed by atoms with Gasteiger partial charge >= 0.3 is 0 Å². The lowest BCUT2D eigenvalue weighted by Crippen LogP contribution is -2.48. The molecule has 1 N–H and O–H groups in total. The van der Waals surface area contributed by atoms with Crippen LogP contribution in [0.4, 0.5) is 5.69 Å². The van der Waals surface area contributed by atoms with Gasteiger partial charge in [0.25, 0.3) is 5.91 Å². The molecule has 96 valence electrons. The van der Waals surface area contributed by atoms with Crippen molar-refractivity contribution in [1.82, 2.24) is 4.90 Å². The minimum absolute atomic E-state index is 0.128. The summed E-state index contributed by atoms with van der Waals surface area (Å²) >= 11 is 3.42. The van der Waals surface area contributed by atoms with Crippen LogP contribution in [0.3, 0.4) is 0 Å². The van der Waals surface area contributed by atoms with Crippen LogP contribution in [-0.4, -0.2) is 36.7 Å². The van der Waals surface area contributed by atoms with E-state index >= 15 is 0 Å². The second-order valence-corrected chi connectivity index (χ2v) is 5.56. The van der Waals surface area contributed by atoms with E-state index in [9.17, 15) is 4.79 Å². The van der Waals surface area contributed by atoms with Crippen molar-refractivity contribution in [2.75, 3.05) is 25.2 Å². The summed E-state index contributed by atoms with van der Waals surface area (Å²) in [4.78, 5) is 14.4. The highest BCUT2D eigenvalue weighted by atomic mass is 79.9. The van der Waals surface area contributed by atoms with E-state index < -0.39 is 0 Å². The summed E-state index contributed by atoms with van der Waals surface area (Å²) in [5.74, 6) is 0.128. The average molecular weight is 311 g/mol. The maximum Gasteiger partial charge on any atom is 0.257 e. The molecule has 0 aromatic heterocycles. The monoisotopic (exact) mass is 310 g/mol. The molecule has 1 fully saturated rings. The summed E-state index contributed by atoms with van der Waals surface area (Å²) in [5, 5.41) is 3.32. The van der Waals surface area contributed by atoms with Crippen molar-refractivity contribution in [3.8, 4) is 0 Å². The highest BCUT2D eigenvalue weighted by Gasteiger charge is 2.30. The first-order chi connectivity index (χ1) is 8.75. The summed E-state index contributed by atoms with van der Waals surface area (Å²) in [6.45, 7) is 2.09. The van der Waals surface area contributed by atoms with Crippen molar-refractivity contribution in [1.29, 1.82) is 0 Å². The van der Waals surface area contributed by atoms with Crippen molar-refractivity contribution in [3.63, 3.8) is 0 Å². The molecule has 1 amide bonds. The van der Waals surface area contributed by atoms with Crippen molar-refractivity contribution in [2.45, 2.75) is 18.9 Å². The molecule has 4 nitrogen and oxygen atoms in total. The van der Waals surface area contributed by atoms with E-state index in [-0.39, 0.29) is 5.91 Å². The van der Waals surface area contributed by atoms with Crippen molar-refractivity contribution < 1.29 is 9.53 Å². The van der Waals surface area contributed by atoms with Crippen LogP contribution in [-0.2, 0) is 4.74 Å². The molecular formula is C13H15BrN2O2. The number of fused-ring (bicyclic) bond motifs is 1. The molecule has 5 heteroatoms. The number of ether oxygens (including phenoxy) is 1. The van der Waals surface area contributed by atoms with Gasteiger partial charge in [-0.05, 0) is 31.0 Å². The molecule has 0 aliphatic carbocycles. The number of benzene rings is 1. The van der Waals surface area contributed by atoms with Crippen LogP contribution in [0.5, 0.6) is 0 Å². The number of nitrogens with zero attached hydrogens (tertiary/aromatic N) is 1. The summed E-state index contributed by atoms with van der Waals surface area (Å²) in [5.41, 5.74) is 1.67. The van der Waals surface area contributed by atoms with Gasteiger partial charge in [-0.3, -0.25) is 4.79 Å². The summed E-state index contributed by atoms with van der Waals surface area (Å²) < 4.78 is 6.33. The highest BCUT2D eigenvalue weighted by Crippen LogP contribution is 2.28. The second-order valence-electron chi connectivity index (χ2n) is 4.64. The van der Waals surface area contributed by atoms with Crippen LogP contribution in [0.2, 0.25) is 0 Å². The molecule has 3 rings (SSSR count). The van der Waals surface area contributed by atoms with E-state index in [1.807, 2.05) is 23.1 Å². The Morgan fingerprint density at radius 1 is 1.33 bits per heavy atom. The zero-order valence-corrected chi connectivity index (χ0v) is 11.6. The summed E-state index contributed by atoms with van der Waals surface area (Å²) in [6, 6.07) is 6.04. The van der Waals surface area contributed by atoms with E-state index in [1.165, 1.54) is 0 Å². The quantitative estimate of drug-likeness (QED) is 0.866. The van der Waals surface area contributed by atoms with Crippen LogP contribution in [0.15, 0.2) is 22.7 Å². The zero-order valence-electron chi connectivity index (χ0n) is 9.99. The fraction of sp³-hybridized carbons (Fsp3) is 0.462. The van der Waals surface area contributed by atoms with Gasteiger partial charge in [-0.1, -0.05) is 15.9 Å². The predicted octanol–water partition coefficient (Wildman–Crippen LogP) is 2.45. The Morgan fingerprint density at radius 2 is 2.11 bits per heavy atom. The number of halogens is 1. The van der Waals surface area contributed by atoms with Crippen molar-refractivity contribution in [2.24, 2.45) is 0 Å². The lowest BCUT2D eigenvalue weighted by Gasteiger charge is -2.37. The third-order valence-corrected chi connectivity index (χ3v) is 4.04. The molecule has 2 heterocycles. The molecule has 2 aliphatic heterocycles. The van der Waals surface area contributed by atoms with Crippen LogP contribution in [0, 0.1) is 0 Å². The fourth-order valence-electron chi connectivity index (χ4n) is 2.54. The molecule has 1 aromatic carbocycles. The number of carbonyl (C=O) groups excluding carboxylic acids is 1. The SMILES string of the molecule is O=C1c2ccc(Br)cc2NCN1C1CCOCC1. The normalized spacial score (nSPS) is 20.5. The number of anilines is 1. The highest BCUT2D eigenvalue weighted by molar-refractivity contribution is 9.10. The average Bonchev–Trinajstić information content (AvgIpc) is 2.40. The molecule has 2 aliphatic rings. The predicted molar refractivity (Wildman–Crippen MR) is 72.6 cm³/mol. The zero-order chi connectivity index (χ0) is 12.5. The molecule has 1 aromatic rings. The third-order valence-electron chi connectivity index (χ3n) is 3.54. The van der Waals surface area contributed by atoms with E-state index in [2.05, 4.69) is 21.2 Å². The molecule has 0 radical (unpaired) electrons. The molecule has 0 atom stereocenters. The van der Waals surface area contributed by atoms with Gasteiger partial charge in [0, 0.05) is 29.4 Å². The lowest BCUT2D eigenvalue weighted by atomic mass is 10.0. The maximum absolute atomic E-state index is 12.5. The molecule has 18 heavy (non-hydrogen) atoms. The molecule has 0 bridgehead atoms. The fourth-order valence-corrected chi connectivity index (χ4v) is 2.90. The van der Waals surface area contributed by atoms with Gasteiger partial charge in [0.1, 0.15) is 0 Å². The molecule has 0 spiro atoms.